The maximum Gasteiger partial charge on any atom is 0.320 e. The second-order valence-electron chi connectivity index (χ2n) is 3.28. The first-order valence-electron chi connectivity index (χ1n) is 4.96. The first-order valence-corrected chi connectivity index (χ1v) is 6.72. The summed E-state index contributed by atoms with van der Waals surface area (Å²) >= 11 is 0. The van der Waals surface area contributed by atoms with Crippen molar-refractivity contribution in [3.05, 3.63) is 35.9 Å². The molecule has 3 heteroatoms. The highest BCUT2D eigenvalue weighted by molar-refractivity contribution is 6.44. The summed E-state index contributed by atoms with van der Waals surface area (Å²) in [6.45, 7) is 0. The zero-order chi connectivity index (χ0) is 10.2. The van der Waals surface area contributed by atoms with Gasteiger partial charge in [-0.05, 0) is 24.4 Å². The van der Waals surface area contributed by atoms with Crippen LogP contribution in [0.15, 0.2) is 30.3 Å². The first kappa shape index (κ1) is 11.4. The van der Waals surface area contributed by atoms with Crippen LogP contribution in [-0.4, -0.2) is 23.5 Å². The minimum absolute atomic E-state index is 1.09. The van der Waals surface area contributed by atoms with Crippen LogP contribution in [0.4, 0.5) is 0 Å². The Morgan fingerprint density at radius 2 is 1.71 bits per heavy atom. The smallest absolute Gasteiger partial charge is 0.320 e. The molecule has 0 fully saturated rings. The minimum Gasteiger partial charge on any atom is -0.400 e. The molecule has 2 nitrogen and oxygen atoms in total. The largest absolute Gasteiger partial charge is 0.400 e. The molecular weight excluding hydrogens is 192 g/mol. The lowest BCUT2D eigenvalue weighted by molar-refractivity contribution is 0.276. The van der Waals surface area contributed by atoms with Gasteiger partial charge in [-0.25, -0.2) is 0 Å². The standard InChI is InChI=1S/C11H18O2Si/c1-12-14(13-2)10-6-9-11-7-4-3-5-8-11/h3-5,7-8,14H,6,9-10H2,1-2H3. The van der Waals surface area contributed by atoms with Gasteiger partial charge in [0.2, 0.25) is 0 Å². The Kier molecular flexibility index (Phi) is 5.52. The average Bonchev–Trinajstić information content (AvgIpc) is 2.26. The van der Waals surface area contributed by atoms with E-state index in [9.17, 15) is 0 Å². The molecule has 14 heavy (non-hydrogen) atoms. The van der Waals surface area contributed by atoms with Crippen LogP contribution in [0.3, 0.4) is 0 Å². The molecule has 78 valence electrons. The third kappa shape index (κ3) is 4.04. The van der Waals surface area contributed by atoms with Crippen molar-refractivity contribution in [2.45, 2.75) is 18.9 Å². The fourth-order valence-corrected chi connectivity index (χ4v) is 2.65. The Hall–Kier alpha value is -0.643. The highest BCUT2D eigenvalue weighted by atomic mass is 28.3. The van der Waals surface area contributed by atoms with E-state index < -0.39 is 9.28 Å². The number of benzene rings is 1. The first-order chi connectivity index (χ1) is 6.86. The summed E-state index contributed by atoms with van der Waals surface area (Å²) in [6.07, 6.45) is 2.28. The zero-order valence-corrected chi connectivity index (χ0v) is 10.1. The normalized spacial score (nSPS) is 10.8. The maximum atomic E-state index is 5.25. The molecule has 0 N–H and O–H groups in total. The summed E-state index contributed by atoms with van der Waals surface area (Å²) in [4.78, 5) is 0. The van der Waals surface area contributed by atoms with Crippen molar-refractivity contribution in [3.8, 4) is 0 Å². The van der Waals surface area contributed by atoms with Crippen LogP contribution >= 0.6 is 0 Å². The molecule has 0 radical (unpaired) electrons. The predicted molar refractivity (Wildman–Crippen MR) is 60.7 cm³/mol. The third-order valence-corrected chi connectivity index (χ3v) is 4.21. The van der Waals surface area contributed by atoms with E-state index in [-0.39, 0.29) is 0 Å². The molecular formula is C11H18O2Si. The van der Waals surface area contributed by atoms with Gasteiger partial charge in [0.25, 0.3) is 0 Å². The fourth-order valence-electron chi connectivity index (χ4n) is 1.45. The number of hydrogen-bond acceptors (Lipinski definition) is 2. The van der Waals surface area contributed by atoms with E-state index in [0.717, 1.165) is 18.9 Å². The van der Waals surface area contributed by atoms with Gasteiger partial charge >= 0.3 is 9.28 Å². The summed E-state index contributed by atoms with van der Waals surface area (Å²) in [5.41, 5.74) is 1.40. The van der Waals surface area contributed by atoms with E-state index in [4.69, 9.17) is 8.85 Å². The molecule has 0 unspecified atom stereocenters. The van der Waals surface area contributed by atoms with Gasteiger partial charge in [0, 0.05) is 14.2 Å². The molecule has 0 aliphatic heterocycles. The molecule has 0 atom stereocenters. The summed E-state index contributed by atoms with van der Waals surface area (Å²) in [7, 11) is 2.14. The molecule has 0 aliphatic carbocycles. The molecule has 1 rings (SSSR count). The molecule has 0 amide bonds. The zero-order valence-electron chi connectivity index (χ0n) is 8.90. The quantitative estimate of drug-likeness (QED) is 0.670. The van der Waals surface area contributed by atoms with E-state index in [1.54, 1.807) is 14.2 Å². The van der Waals surface area contributed by atoms with Crippen LogP contribution in [0.1, 0.15) is 12.0 Å². The average molecular weight is 210 g/mol. The molecule has 0 aromatic heterocycles. The predicted octanol–water partition coefficient (Wildman–Crippen LogP) is 2.13. The summed E-state index contributed by atoms with van der Waals surface area (Å²) < 4.78 is 10.5. The summed E-state index contributed by atoms with van der Waals surface area (Å²) in [5.74, 6) is 0. The van der Waals surface area contributed by atoms with Gasteiger partial charge in [0.05, 0.1) is 0 Å². The second kappa shape index (κ2) is 6.76. The Morgan fingerprint density at radius 1 is 1.07 bits per heavy atom. The van der Waals surface area contributed by atoms with Crippen molar-refractivity contribution in [1.82, 2.24) is 0 Å². The topological polar surface area (TPSA) is 18.5 Å². The van der Waals surface area contributed by atoms with E-state index in [1.807, 2.05) is 6.07 Å². The van der Waals surface area contributed by atoms with E-state index >= 15 is 0 Å². The van der Waals surface area contributed by atoms with Crippen molar-refractivity contribution < 1.29 is 8.85 Å². The van der Waals surface area contributed by atoms with Gasteiger partial charge in [0.1, 0.15) is 0 Å². The van der Waals surface area contributed by atoms with E-state index in [2.05, 4.69) is 24.3 Å². The molecule has 0 saturated carbocycles. The van der Waals surface area contributed by atoms with Gasteiger partial charge in [-0.2, -0.15) is 0 Å². The van der Waals surface area contributed by atoms with Crippen LogP contribution in [0.25, 0.3) is 0 Å². The second-order valence-corrected chi connectivity index (χ2v) is 5.66. The maximum absolute atomic E-state index is 5.25. The monoisotopic (exact) mass is 210 g/mol. The summed E-state index contributed by atoms with van der Waals surface area (Å²) in [5, 5.41) is 0. The number of rotatable bonds is 6. The molecule has 0 bridgehead atoms. The summed E-state index contributed by atoms with van der Waals surface area (Å²) in [6, 6.07) is 11.6. The molecule has 0 saturated heterocycles. The van der Waals surface area contributed by atoms with Crippen molar-refractivity contribution in [2.75, 3.05) is 14.2 Å². The van der Waals surface area contributed by atoms with Gasteiger partial charge in [-0.15, -0.1) is 0 Å². The SMILES string of the molecule is CO[SiH](CCCc1ccccc1)OC. The molecule has 1 aromatic rings. The third-order valence-electron chi connectivity index (χ3n) is 2.27. The van der Waals surface area contributed by atoms with Crippen molar-refractivity contribution in [1.29, 1.82) is 0 Å². The molecule has 0 aliphatic rings. The van der Waals surface area contributed by atoms with E-state index in [0.29, 0.717) is 0 Å². The lowest BCUT2D eigenvalue weighted by Gasteiger charge is -2.10. The Balaban J connectivity index is 2.21. The highest BCUT2D eigenvalue weighted by Gasteiger charge is 2.08. The minimum atomic E-state index is -1.33. The van der Waals surface area contributed by atoms with Crippen molar-refractivity contribution >= 4 is 9.28 Å². The molecule has 0 heterocycles. The lowest BCUT2D eigenvalue weighted by atomic mass is 10.1. The number of aryl methyl sites for hydroxylation is 1. The van der Waals surface area contributed by atoms with Gasteiger partial charge in [-0.1, -0.05) is 30.3 Å². The van der Waals surface area contributed by atoms with Gasteiger partial charge < -0.3 is 8.85 Å². The molecule has 0 spiro atoms. The molecule has 1 aromatic carbocycles. The van der Waals surface area contributed by atoms with Gasteiger partial charge in [-0.3, -0.25) is 0 Å². The van der Waals surface area contributed by atoms with Crippen molar-refractivity contribution in [3.63, 3.8) is 0 Å². The Morgan fingerprint density at radius 3 is 2.29 bits per heavy atom. The van der Waals surface area contributed by atoms with Crippen LogP contribution in [0.5, 0.6) is 0 Å². The Bertz CT molecular complexity index is 234. The fraction of sp³-hybridized carbons (Fsp3) is 0.455. The van der Waals surface area contributed by atoms with Crippen LogP contribution in [0.2, 0.25) is 6.04 Å². The van der Waals surface area contributed by atoms with Crippen LogP contribution in [0, 0.1) is 0 Å². The highest BCUT2D eigenvalue weighted by Crippen LogP contribution is 2.07. The number of hydrogen-bond donors (Lipinski definition) is 0. The lowest BCUT2D eigenvalue weighted by Crippen LogP contribution is -2.18. The van der Waals surface area contributed by atoms with Gasteiger partial charge in [0.15, 0.2) is 0 Å². The van der Waals surface area contributed by atoms with Crippen LogP contribution < -0.4 is 0 Å². The van der Waals surface area contributed by atoms with E-state index in [1.165, 1.54) is 5.56 Å². The van der Waals surface area contributed by atoms with Crippen molar-refractivity contribution in [2.24, 2.45) is 0 Å². The Labute approximate surface area is 87.7 Å². The van der Waals surface area contributed by atoms with Crippen LogP contribution in [-0.2, 0) is 15.3 Å².